The quantitative estimate of drug-likeness (QED) is 0.652. The van der Waals surface area contributed by atoms with Crippen LogP contribution in [0.5, 0.6) is 0 Å². The molecule has 100 valence electrons. The molecule has 0 bridgehead atoms. The summed E-state index contributed by atoms with van der Waals surface area (Å²) in [6.07, 6.45) is 1.71. The highest BCUT2D eigenvalue weighted by Crippen LogP contribution is 2.20. The Bertz CT molecular complexity index is 615. The average Bonchev–Trinajstić information content (AvgIpc) is 2.77. The molecule has 0 aliphatic rings. The number of benzene rings is 1. The predicted molar refractivity (Wildman–Crippen MR) is 76.9 cm³/mol. The van der Waals surface area contributed by atoms with E-state index < -0.39 is 0 Å². The lowest BCUT2D eigenvalue weighted by Gasteiger charge is -2.24. The molecule has 0 atom stereocenters. The minimum Gasteiger partial charge on any atom is -0.399 e. The number of carbonyl (C=O) groups is 1. The summed E-state index contributed by atoms with van der Waals surface area (Å²) in [5, 5.41) is 7.72. The van der Waals surface area contributed by atoms with Gasteiger partial charge in [0.15, 0.2) is 5.69 Å². The van der Waals surface area contributed by atoms with E-state index in [1.165, 1.54) is 0 Å². The minimum atomic E-state index is -0.119. The fourth-order valence-corrected chi connectivity index (χ4v) is 2.00. The van der Waals surface area contributed by atoms with Crippen molar-refractivity contribution < 1.29 is 4.79 Å². The Hall–Kier alpha value is -2.30. The molecule has 0 aliphatic heterocycles. The van der Waals surface area contributed by atoms with Crippen molar-refractivity contribution in [2.24, 2.45) is 0 Å². The number of amides is 1. The summed E-state index contributed by atoms with van der Waals surface area (Å²) in [7, 11) is 0. The molecule has 0 aliphatic carbocycles. The Morgan fingerprint density at radius 3 is 2.95 bits per heavy atom. The van der Waals surface area contributed by atoms with Gasteiger partial charge in [-0.1, -0.05) is 6.08 Å². The van der Waals surface area contributed by atoms with Gasteiger partial charge in [-0.05, 0) is 32.0 Å². The molecule has 5 heteroatoms. The van der Waals surface area contributed by atoms with Crippen LogP contribution < -0.4 is 5.73 Å². The zero-order chi connectivity index (χ0) is 14.0. The Kier molecular flexibility index (Phi) is 3.55. The molecular formula is C14H18N4O. The number of rotatable bonds is 4. The zero-order valence-corrected chi connectivity index (χ0v) is 11.2. The van der Waals surface area contributed by atoms with Crippen LogP contribution in [0.25, 0.3) is 10.9 Å². The van der Waals surface area contributed by atoms with Crippen molar-refractivity contribution in [3.8, 4) is 0 Å². The standard InChI is InChI=1S/C14H18N4O/c1-4-7-18(9(2)3)14(19)13-11-8-10(15)5-6-12(11)16-17-13/h4-6,8-9H,1,7,15H2,2-3H3,(H,16,17). The maximum Gasteiger partial charge on any atom is 0.275 e. The van der Waals surface area contributed by atoms with Crippen LogP contribution in [-0.4, -0.2) is 33.6 Å². The number of aromatic amines is 1. The SMILES string of the molecule is C=CCN(C(=O)c1n[nH]c2ccc(N)cc12)C(C)C. The lowest BCUT2D eigenvalue weighted by molar-refractivity contribution is 0.0724. The van der Waals surface area contributed by atoms with Gasteiger partial charge in [0.1, 0.15) is 0 Å². The normalized spacial score (nSPS) is 10.9. The third-order valence-electron chi connectivity index (χ3n) is 3.00. The summed E-state index contributed by atoms with van der Waals surface area (Å²) in [5.74, 6) is -0.119. The number of nitrogens with zero attached hydrogens (tertiary/aromatic N) is 2. The molecule has 0 saturated carbocycles. The Morgan fingerprint density at radius 1 is 1.58 bits per heavy atom. The van der Waals surface area contributed by atoms with E-state index >= 15 is 0 Å². The number of nitrogens with two attached hydrogens (primary N) is 1. The maximum absolute atomic E-state index is 12.5. The molecule has 0 fully saturated rings. The molecule has 0 unspecified atom stereocenters. The highest BCUT2D eigenvalue weighted by atomic mass is 16.2. The number of nitrogens with one attached hydrogen (secondary N) is 1. The highest BCUT2D eigenvalue weighted by molar-refractivity contribution is 6.05. The molecule has 1 amide bonds. The molecule has 0 saturated heterocycles. The Labute approximate surface area is 112 Å². The first-order valence-corrected chi connectivity index (χ1v) is 6.20. The van der Waals surface area contributed by atoms with E-state index in [4.69, 9.17) is 5.73 Å². The van der Waals surface area contributed by atoms with Gasteiger partial charge in [-0.2, -0.15) is 5.10 Å². The molecule has 5 nitrogen and oxygen atoms in total. The largest absolute Gasteiger partial charge is 0.399 e. The fourth-order valence-electron chi connectivity index (χ4n) is 2.00. The summed E-state index contributed by atoms with van der Waals surface area (Å²) in [6, 6.07) is 5.44. The number of hydrogen-bond acceptors (Lipinski definition) is 3. The number of aromatic nitrogens is 2. The summed E-state index contributed by atoms with van der Waals surface area (Å²) in [4.78, 5) is 14.2. The van der Waals surface area contributed by atoms with Crippen molar-refractivity contribution in [1.29, 1.82) is 0 Å². The maximum atomic E-state index is 12.5. The van der Waals surface area contributed by atoms with Crippen LogP contribution >= 0.6 is 0 Å². The van der Waals surface area contributed by atoms with Gasteiger partial charge in [0.25, 0.3) is 5.91 Å². The molecule has 0 radical (unpaired) electrons. The van der Waals surface area contributed by atoms with Gasteiger partial charge < -0.3 is 10.6 Å². The zero-order valence-electron chi connectivity index (χ0n) is 11.2. The van der Waals surface area contributed by atoms with Crippen LogP contribution in [0.3, 0.4) is 0 Å². The third-order valence-corrected chi connectivity index (χ3v) is 3.00. The Balaban J connectivity index is 2.45. The molecular weight excluding hydrogens is 240 g/mol. The summed E-state index contributed by atoms with van der Waals surface area (Å²) in [6.45, 7) is 8.10. The predicted octanol–water partition coefficient (Wildman–Crippen LogP) is 2.18. The lowest BCUT2D eigenvalue weighted by Crippen LogP contribution is -2.37. The second-order valence-corrected chi connectivity index (χ2v) is 4.72. The summed E-state index contributed by atoms with van der Waals surface area (Å²) < 4.78 is 0. The van der Waals surface area contributed by atoms with E-state index in [9.17, 15) is 4.79 Å². The first kappa shape index (κ1) is 13.1. The minimum absolute atomic E-state index is 0.0818. The van der Waals surface area contributed by atoms with Gasteiger partial charge in [0, 0.05) is 23.7 Å². The van der Waals surface area contributed by atoms with Crippen molar-refractivity contribution in [3.63, 3.8) is 0 Å². The molecule has 3 N–H and O–H groups in total. The smallest absolute Gasteiger partial charge is 0.275 e. The van der Waals surface area contributed by atoms with Crippen molar-refractivity contribution in [3.05, 3.63) is 36.5 Å². The van der Waals surface area contributed by atoms with Crippen LogP contribution in [0.4, 0.5) is 5.69 Å². The summed E-state index contributed by atoms with van der Waals surface area (Å²) in [5.41, 5.74) is 7.58. The first-order valence-electron chi connectivity index (χ1n) is 6.20. The lowest BCUT2D eigenvalue weighted by atomic mass is 10.1. The topological polar surface area (TPSA) is 75.0 Å². The molecule has 2 rings (SSSR count). The van der Waals surface area contributed by atoms with Crippen LogP contribution in [0.2, 0.25) is 0 Å². The average molecular weight is 258 g/mol. The molecule has 1 aromatic carbocycles. The van der Waals surface area contributed by atoms with Crippen molar-refractivity contribution in [1.82, 2.24) is 15.1 Å². The number of fused-ring (bicyclic) bond motifs is 1. The van der Waals surface area contributed by atoms with Gasteiger partial charge in [0.2, 0.25) is 0 Å². The second kappa shape index (κ2) is 5.14. The van der Waals surface area contributed by atoms with E-state index in [1.54, 1.807) is 23.1 Å². The molecule has 1 heterocycles. The number of H-pyrrole nitrogens is 1. The molecule has 2 aromatic rings. The van der Waals surface area contributed by atoms with Gasteiger partial charge >= 0.3 is 0 Å². The van der Waals surface area contributed by atoms with Crippen LogP contribution in [0.15, 0.2) is 30.9 Å². The first-order chi connectivity index (χ1) is 9.04. The molecule has 0 spiro atoms. The van der Waals surface area contributed by atoms with Crippen LogP contribution in [0.1, 0.15) is 24.3 Å². The van der Waals surface area contributed by atoms with E-state index in [2.05, 4.69) is 16.8 Å². The Morgan fingerprint density at radius 2 is 2.32 bits per heavy atom. The fraction of sp³-hybridized carbons (Fsp3) is 0.286. The van der Waals surface area contributed by atoms with E-state index in [0.29, 0.717) is 17.9 Å². The number of hydrogen-bond donors (Lipinski definition) is 2. The molecule has 1 aromatic heterocycles. The van der Waals surface area contributed by atoms with Gasteiger partial charge in [-0.3, -0.25) is 9.89 Å². The van der Waals surface area contributed by atoms with Crippen molar-refractivity contribution in [2.45, 2.75) is 19.9 Å². The van der Waals surface area contributed by atoms with Crippen molar-refractivity contribution >= 4 is 22.5 Å². The second-order valence-electron chi connectivity index (χ2n) is 4.72. The van der Waals surface area contributed by atoms with Gasteiger partial charge in [0.05, 0.1) is 5.52 Å². The van der Waals surface area contributed by atoms with E-state index in [1.807, 2.05) is 19.9 Å². The monoisotopic (exact) mass is 258 g/mol. The number of carbonyl (C=O) groups excluding carboxylic acids is 1. The summed E-state index contributed by atoms with van der Waals surface area (Å²) >= 11 is 0. The highest BCUT2D eigenvalue weighted by Gasteiger charge is 2.22. The van der Waals surface area contributed by atoms with Crippen LogP contribution in [0, 0.1) is 0 Å². The molecule has 19 heavy (non-hydrogen) atoms. The van der Waals surface area contributed by atoms with Gasteiger partial charge in [-0.15, -0.1) is 6.58 Å². The number of anilines is 1. The third kappa shape index (κ3) is 2.45. The van der Waals surface area contributed by atoms with Crippen molar-refractivity contribution in [2.75, 3.05) is 12.3 Å². The van der Waals surface area contributed by atoms with E-state index in [-0.39, 0.29) is 11.9 Å². The van der Waals surface area contributed by atoms with Gasteiger partial charge in [-0.25, -0.2) is 0 Å². The number of nitrogen functional groups attached to an aromatic ring is 1. The van der Waals surface area contributed by atoms with Crippen LogP contribution in [-0.2, 0) is 0 Å². The van der Waals surface area contributed by atoms with E-state index in [0.717, 1.165) is 10.9 Å².